The fraction of sp³-hybridized carbons (Fsp3) is 0.750. The zero-order chi connectivity index (χ0) is 22.3. The number of ketones is 3. The summed E-state index contributed by atoms with van der Waals surface area (Å²) in [4.78, 5) is 53.9. The van der Waals surface area contributed by atoms with E-state index in [1.54, 1.807) is 0 Å². The average molecular weight is 449 g/mol. The van der Waals surface area contributed by atoms with Crippen LogP contribution in [-0.4, -0.2) is 48.0 Å². The van der Waals surface area contributed by atoms with Crippen LogP contribution in [0, 0.1) is 34.0 Å². The van der Waals surface area contributed by atoms with Crippen LogP contribution in [0.5, 0.6) is 0 Å². The third-order valence-corrected chi connectivity index (χ3v) is 9.42. The highest BCUT2D eigenvalue weighted by molar-refractivity contribution is 6.20. The van der Waals surface area contributed by atoms with E-state index >= 15 is 0 Å². The summed E-state index contributed by atoms with van der Waals surface area (Å²) in [5.74, 6) is -1.69. The van der Waals surface area contributed by atoms with Crippen LogP contribution in [0.15, 0.2) is 12.2 Å². The molecular weight excluding hydrogens is 420 g/mol. The number of carbonyl (C=O) groups excluding carboxylic acids is 4. The van der Waals surface area contributed by atoms with Gasteiger partial charge in [-0.05, 0) is 48.5 Å². The van der Waals surface area contributed by atoms with Crippen molar-refractivity contribution in [3.63, 3.8) is 0 Å². The van der Waals surface area contributed by atoms with Crippen LogP contribution in [0.3, 0.4) is 0 Å². The van der Waals surface area contributed by atoms with E-state index < -0.39 is 40.2 Å². The molecule has 31 heavy (non-hydrogen) atoms. The molecule has 0 aromatic carbocycles. The fourth-order valence-corrected chi connectivity index (χ4v) is 7.93. The molecule has 0 aromatic rings. The average Bonchev–Trinajstić information content (AvgIpc) is 2.92. The first-order chi connectivity index (χ1) is 14.6. The summed E-state index contributed by atoms with van der Waals surface area (Å²) in [7, 11) is 0. The molecular formula is C24H29ClO6. The Balaban J connectivity index is 1.68. The summed E-state index contributed by atoms with van der Waals surface area (Å²) >= 11 is 5.73. The van der Waals surface area contributed by atoms with Gasteiger partial charge in [0.1, 0.15) is 5.78 Å². The highest BCUT2D eigenvalue weighted by Gasteiger charge is 2.79. The van der Waals surface area contributed by atoms with E-state index in [-0.39, 0.29) is 48.8 Å². The number of alkyl halides is 1. The van der Waals surface area contributed by atoms with E-state index in [1.165, 1.54) is 0 Å². The first-order valence-corrected chi connectivity index (χ1v) is 11.8. The zero-order valence-corrected chi connectivity index (χ0v) is 18.8. The summed E-state index contributed by atoms with van der Waals surface area (Å²) in [6, 6.07) is 0. The number of esters is 1. The molecule has 0 N–H and O–H groups in total. The standard InChI is InChI=1S/C24H29ClO6/c1-12-13-6-7-14-23(10-13,20(12)28)21(29)18(31-17(27)5-4-8-25)19-22(2,3)16-9-15(26)24(14,19)11-30-16/h13-14,16,18-19H,1,4-11H2,2-3H3/t13-,14-,16+,18+,19-,23+,24-/m1/s1. The van der Waals surface area contributed by atoms with Crippen molar-refractivity contribution in [2.24, 2.45) is 34.0 Å². The lowest BCUT2D eigenvalue weighted by atomic mass is 9.37. The smallest absolute Gasteiger partial charge is 0.306 e. The quantitative estimate of drug-likeness (QED) is 0.284. The Hall–Kier alpha value is -1.53. The minimum atomic E-state index is -1.33. The Labute approximate surface area is 187 Å². The van der Waals surface area contributed by atoms with Crippen molar-refractivity contribution in [1.82, 2.24) is 0 Å². The lowest BCUT2D eigenvalue weighted by Crippen LogP contribution is -2.77. The SMILES string of the molecule is C=C1C(=O)[C@]23C[C@H]1CC[C@H]2[C@]12CO[C@@H](CC1=O)C(C)(C)[C@H]2[C@H](OC(=O)CCCCl)C3=O. The van der Waals surface area contributed by atoms with Crippen molar-refractivity contribution in [3.05, 3.63) is 12.2 Å². The molecule has 2 aliphatic heterocycles. The number of rotatable bonds is 4. The molecule has 6 fully saturated rings. The van der Waals surface area contributed by atoms with E-state index in [9.17, 15) is 19.2 Å². The molecule has 4 aliphatic carbocycles. The van der Waals surface area contributed by atoms with Crippen LogP contribution in [0.25, 0.3) is 0 Å². The van der Waals surface area contributed by atoms with Crippen LogP contribution >= 0.6 is 11.6 Å². The van der Waals surface area contributed by atoms with Crippen LogP contribution in [0.2, 0.25) is 0 Å². The molecule has 6 nitrogen and oxygen atoms in total. The predicted octanol–water partition coefficient (Wildman–Crippen LogP) is 3.04. The van der Waals surface area contributed by atoms with Gasteiger partial charge in [0.25, 0.3) is 0 Å². The molecule has 4 bridgehead atoms. The number of Topliss-reactive ketones (excluding diaryl/α,β-unsaturated/α-hetero) is 3. The van der Waals surface area contributed by atoms with Crippen molar-refractivity contribution in [2.75, 3.05) is 12.5 Å². The van der Waals surface area contributed by atoms with Gasteiger partial charge in [0.05, 0.1) is 23.5 Å². The second-order valence-corrected chi connectivity index (χ2v) is 11.1. The molecule has 2 saturated heterocycles. The number of fused-ring (bicyclic) bond motifs is 3. The summed E-state index contributed by atoms with van der Waals surface area (Å²) < 4.78 is 12.0. The summed E-state index contributed by atoms with van der Waals surface area (Å²) in [5.41, 5.74) is -2.38. The van der Waals surface area contributed by atoms with Crippen LogP contribution in [0.1, 0.15) is 52.4 Å². The van der Waals surface area contributed by atoms with E-state index in [0.717, 1.165) is 6.42 Å². The molecule has 4 saturated carbocycles. The van der Waals surface area contributed by atoms with Gasteiger partial charge in [-0.3, -0.25) is 19.2 Å². The van der Waals surface area contributed by atoms with Crippen LogP contribution in [0.4, 0.5) is 0 Å². The molecule has 0 amide bonds. The molecule has 168 valence electrons. The first-order valence-electron chi connectivity index (χ1n) is 11.3. The molecule has 6 aliphatic rings. The predicted molar refractivity (Wildman–Crippen MR) is 111 cm³/mol. The van der Waals surface area contributed by atoms with Crippen LogP contribution in [-0.2, 0) is 28.7 Å². The molecule has 7 atom stereocenters. The highest BCUT2D eigenvalue weighted by Crippen LogP contribution is 2.71. The first kappa shape index (κ1) is 21.3. The van der Waals surface area contributed by atoms with Crippen LogP contribution < -0.4 is 0 Å². The van der Waals surface area contributed by atoms with Gasteiger partial charge in [-0.15, -0.1) is 11.6 Å². The number of allylic oxidation sites excluding steroid dienone is 1. The Morgan fingerprint density at radius 1 is 1.26 bits per heavy atom. The van der Waals surface area contributed by atoms with Crippen molar-refractivity contribution in [3.8, 4) is 0 Å². The van der Waals surface area contributed by atoms with Crippen molar-refractivity contribution >= 4 is 34.9 Å². The topological polar surface area (TPSA) is 86.7 Å². The van der Waals surface area contributed by atoms with Crippen molar-refractivity contribution in [2.45, 2.75) is 64.6 Å². The number of carbonyl (C=O) groups is 4. The molecule has 2 spiro atoms. The van der Waals surface area contributed by atoms with Gasteiger partial charge in [-0.25, -0.2) is 0 Å². The van der Waals surface area contributed by atoms with Gasteiger partial charge in [-0.2, -0.15) is 0 Å². The maximum atomic E-state index is 14.1. The number of halogens is 1. The van der Waals surface area contributed by atoms with Crippen molar-refractivity contribution < 1.29 is 28.7 Å². The lowest BCUT2D eigenvalue weighted by molar-refractivity contribution is -0.270. The summed E-state index contributed by atoms with van der Waals surface area (Å²) in [6.45, 7) is 8.17. The molecule has 2 heterocycles. The largest absolute Gasteiger partial charge is 0.454 e. The van der Waals surface area contributed by atoms with Crippen molar-refractivity contribution in [1.29, 1.82) is 0 Å². The molecule has 0 radical (unpaired) electrons. The third kappa shape index (κ3) is 2.44. The summed E-state index contributed by atoms with van der Waals surface area (Å²) in [6.07, 6.45) is 1.08. The van der Waals surface area contributed by atoms with Gasteiger partial charge in [0, 0.05) is 24.6 Å². The summed E-state index contributed by atoms with van der Waals surface area (Å²) in [5, 5.41) is 0. The van der Waals surface area contributed by atoms with Gasteiger partial charge in [0.2, 0.25) is 0 Å². The number of ether oxygens (including phenoxy) is 2. The fourth-order valence-electron chi connectivity index (χ4n) is 7.80. The Bertz CT molecular complexity index is 908. The minimum absolute atomic E-state index is 0.0442. The molecule has 0 unspecified atom stereocenters. The number of hydrogen-bond donors (Lipinski definition) is 0. The van der Waals surface area contributed by atoms with E-state index in [4.69, 9.17) is 21.1 Å². The van der Waals surface area contributed by atoms with Gasteiger partial charge in [-0.1, -0.05) is 20.4 Å². The second kappa shape index (κ2) is 6.74. The highest BCUT2D eigenvalue weighted by atomic mass is 35.5. The number of hydrogen-bond acceptors (Lipinski definition) is 6. The monoisotopic (exact) mass is 448 g/mol. The maximum absolute atomic E-state index is 14.1. The van der Waals surface area contributed by atoms with E-state index in [0.29, 0.717) is 30.7 Å². The minimum Gasteiger partial charge on any atom is -0.454 e. The third-order valence-electron chi connectivity index (χ3n) is 9.15. The van der Waals surface area contributed by atoms with E-state index in [2.05, 4.69) is 6.58 Å². The lowest BCUT2D eigenvalue weighted by Gasteiger charge is -2.67. The molecule has 0 aromatic heterocycles. The molecule has 7 heteroatoms. The second-order valence-electron chi connectivity index (χ2n) is 10.7. The molecule has 6 rings (SSSR count). The van der Waals surface area contributed by atoms with E-state index in [1.807, 2.05) is 13.8 Å². The Kier molecular flexibility index (Phi) is 4.63. The van der Waals surface area contributed by atoms with Gasteiger partial charge in [0.15, 0.2) is 17.7 Å². The van der Waals surface area contributed by atoms with Gasteiger partial charge >= 0.3 is 5.97 Å². The van der Waals surface area contributed by atoms with Gasteiger partial charge < -0.3 is 9.47 Å². The normalized spacial score (nSPS) is 44.8. The zero-order valence-electron chi connectivity index (χ0n) is 18.1. The Morgan fingerprint density at radius 3 is 2.68 bits per heavy atom. The Morgan fingerprint density at radius 2 is 2.00 bits per heavy atom. The maximum Gasteiger partial charge on any atom is 0.306 e.